The Morgan fingerprint density at radius 2 is 1.53 bits per heavy atom. The molecule has 32 heavy (non-hydrogen) atoms. The topological polar surface area (TPSA) is 41.4 Å². The molecule has 182 valence electrons. The van der Waals surface area contributed by atoms with Gasteiger partial charge in [0.05, 0.1) is 6.20 Å². The summed E-state index contributed by atoms with van der Waals surface area (Å²) >= 11 is 0. The van der Waals surface area contributed by atoms with E-state index in [0.29, 0.717) is 12.3 Å². The molecule has 1 saturated carbocycles. The Morgan fingerprint density at radius 1 is 0.938 bits per heavy atom. The number of likely N-dealkylation sites (tertiary alicyclic amines) is 2. The maximum atomic E-state index is 9.17. The predicted octanol–water partition coefficient (Wildman–Crippen LogP) is 5.36. The zero-order valence-corrected chi connectivity index (χ0v) is 21.1. The summed E-state index contributed by atoms with van der Waals surface area (Å²) in [7, 11) is 0. The van der Waals surface area contributed by atoms with Crippen LogP contribution in [0.1, 0.15) is 96.5 Å². The minimum atomic E-state index is 0.583. The van der Waals surface area contributed by atoms with Gasteiger partial charge in [0.2, 0.25) is 0 Å². The molecular formula is C27H48N4O. The van der Waals surface area contributed by atoms with Gasteiger partial charge in [0.1, 0.15) is 6.29 Å². The molecule has 0 amide bonds. The van der Waals surface area contributed by atoms with E-state index in [1.165, 1.54) is 96.1 Å². The van der Waals surface area contributed by atoms with Crippen molar-refractivity contribution in [3.63, 3.8) is 0 Å². The van der Waals surface area contributed by atoms with E-state index < -0.39 is 0 Å². The van der Waals surface area contributed by atoms with Gasteiger partial charge in [-0.05, 0) is 88.0 Å². The number of hydrogen-bond acceptors (Lipinski definition) is 4. The van der Waals surface area contributed by atoms with Crippen molar-refractivity contribution in [3.8, 4) is 0 Å². The van der Waals surface area contributed by atoms with E-state index >= 15 is 0 Å². The molecule has 2 saturated heterocycles. The molecule has 5 nitrogen and oxygen atoms in total. The Bertz CT molecular complexity index is 636. The minimum absolute atomic E-state index is 0.583. The number of carbonyl (C=O) groups excluding carboxylic acids is 1. The first-order valence-corrected chi connectivity index (χ1v) is 13.5. The van der Waals surface area contributed by atoms with Gasteiger partial charge in [-0.1, -0.05) is 40.0 Å². The van der Waals surface area contributed by atoms with Gasteiger partial charge in [0, 0.05) is 31.7 Å². The maximum absolute atomic E-state index is 9.17. The number of hydrogen-bond donors (Lipinski definition) is 0. The highest BCUT2D eigenvalue weighted by atomic mass is 16.1. The van der Waals surface area contributed by atoms with E-state index in [1.54, 1.807) is 0 Å². The van der Waals surface area contributed by atoms with Crippen LogP contribution in [0.25, 0.3) is 0 Å². The fourth-order valence-corrected chi connectivity index (χ4v) is 5.71. The van der Waals surface area contributed by atoms with Gasteiger partial charge in [-0.25, -0.2) is 0 Å². The van der Waals surface area contributed by atoms with Gasteiger partial charge in [0.25, 0.3) is 0 Å². The molecule has 3 heterocycles. The number of piperidine rings is 2. The molecule has 0 N–H and O–H groups in total. The molecule has 0 radical (unpaired) electrons. The third kappa shape index (κ3) is 7.98. The number of nitrogens with zero attached hydrogens (tertiary/aromatic N) is 4. The van der Waals surface area contributed by atoms with Crippen LogP contribution in [0.2, 0.25) is 0 Å². The monoisotopic (exact) mass is 444 g/mol. The Kier molecular flexibility index (Phi) is 10.7. The van der Waals surface area contributed by atoms with Crippen LogP contribution in [0.4, 0.5) is 0 Å². The minimum Gasteiger partial charge on any atom is -0.303 e. The standard InChI is InChI=1S/C24H42N4.C3H6O/c1-20(2)23-16-25-28(19-23)18-22-8-12-26(13-9-22)17-21-10-14-27(15-11-21)24-6-4-3-5-7-24;1-2-3-4/h16,19-22,24H,3-15,17-18H2,1-2H3;3H,2H2,1H3. The number of aromatic nitrogens is 2. The molecule has 1 aromatic heterocycles. The second kappa shape index (κ2) is 13.5. The zero-order chi connectivity index (χ0) is 22.8. The molecule has 3 aliphatic rings. The summed E-state index contributed by atoms with van der Waals surface area (Å²) in [4.78, 5) is 14.8. The van der Waals surface area contributed by atoms with E-state index in [1.807, 2.05) is 6.92 Å². The summed E-state index contributed by atoms with van der Waals surface area (Å²) in [5.41, 5.74) is 1.37. The van der Waals surface area contributed by atoms with Crippen molar-refractivity contribution >= 4 is 6.29 Å². The van der Waals surface area contributed by atoms with Gasteiger partial charge in [-0.3, -0.25) is 4.68 Å². The quantitative estimate of drug-likeness (QED) is 0.531. The molecule has 1 aliphatic carbocycles. The lowest BCUT2D eigenvalue weighted by molar-refractivity contribution is -0.107. The number of rotatable bonds is 7. The Morgan fingerprint density at radius 3 is 2.09 bits per heavy atom. The van der Waals surface area contributed by atoms with E-state index in [4.69, 9.17) is 0 Å². The first kappa shape index (κ1) is 25.4. The Hall–Kier alpha value is -1.20. The van der Waals surface area contributed by atoms with Gasteiger partial charge >= 0.3 is 0 Å². The molecule has 0 spiro atoms. The molecule has 4 rings (SSSR count). The summed E-state index contributed by atoms with van der Waals surface area (Å²) in [5, 5.41) is 4.59. The van der Waals surface area contributed by atoms with Crippen LogP contribution in [-0.2, 0) is 11.3 Å². The largest absolute Gasteiger partial charge is 0.303 e. The third-order valence-electron chi connectivity index (χ3n) is 7.90. The second-order valence-electron chi connectivity index (χ2n) is 10.7. The van der Waals surface area contributed by atoms with Crippen molar-refractivity contribution in [1.29, 1.82) is 0 Å². The maximum Gasteiger partial charge on any atom is 0.119 e. The summed E-state index contributed by atoms with van der Waals surface area (Å²) in [6.07, 6.45) is 18.7. The normalized spacial score (nSPS) is 22.6. The average Bonchev–Trinajstić information content (AvgIpc) is 3.30. The highest BCUT2D eigenvalue weighted by Crippen LogP contribution is 2.28. The highest BCUT2D eigenvalue weighted by Gasteiger charge is 2.28. The van der Waals surface area contributed by atoms with Crippen LogP contribution in [0.5, 0.6) is 0 Å². The lowest BCUT2D eigenvalue weighted by Gasteiger charge is -2.41. The summed E-state index contributed by atoms with van der Waals surface area (Å²) < 4.78 is 2.19. The lowest BCUT2D eigenvalue weighted by atomic mass is 9.89. The van der Waals surface area contributed by atoms with Crippen molar-refractivity contribution in [1.82, 2.24) is 19.6 Å². The molecule has 0 atom stereocenters. The van der Waals surface area contributed by atoms with Crippen LogP contribution in [0.3, 0.4) is 0 Å². The molecular weight excluding hydrogens is 396 g/mol. The van der Waals surface area contributed by atoms with Gasteiger partial charge < -0.3 is 14.6 Å². The van der Waals surface area contributed by atoms with Crippen molar-refractivity contribution in [3.05, 3.63) is 18.0 Å². The van der Waals surface area contributed by atoms with Crippen LogP contribution >= 0.6 is 0 Å². The van der Waals surface area contributed by atoms with Crippen molar-refractivity contribution in [2.45, 2.75) is 103 Å². The fraction of sp³-hybridized carbons (Fsp3) is 0.852. The molecule has 0 aromatic carbocycles. The van der Waals surface area contributed by atoms with Crippen molar-refractivity contribution in [2.75, 3.05) is 32.7 Å². The van der Waals surface area contributed by atoms with Gasteiger partial charge in [0.15, 0.2) is 0 Å². The first-order chi connectivity index (χ1) is 15.6. The van der Waals surface area contributed by atoms with Gasteiger partial charge in [-0.15, -0.1) is 0 Å². The molecule has 0 unspecified atom stereocenters. The fourth-order valence-electron chi connectivity index (χ4n) is 5.71. The average molecular weight is 445 g/mol. The van der Waals surface area contributed by atoms with E-state index in [2.05, 4.69) is 45.8 Å². The number of carbonyl (C=O) groups is 1. The highest BCUT2D eigenvalue weighted by molar-refractivity contribution is 5.48. The first-order valence-electron chi connectivity index (χ1n) is 13.5. The van der Waals surface area contributed by atoms with Crippen molar-refractivity contribution < 1.29 is 4.79 Å². The van der Waals surface area contributed by atoms with Gasteiger partial charge in [-0.2, -0.15) is 5.10 Å². The molecule has 2 aliphatic heterocycles. The molecule has 3 fully saturated rings. The van der Waals surface area contributed by atoms with E-state index in [0.717, 1.165) is 30.7 Å². The summed E-state index contributed by atoms with van der Waals surface area (Å²) in [6, 6.07) is 0.920. The zero-order valence-electron chi connectivity index (χ0n) is 21.1. The summed E-state index contributed by atoms with van der Waals surface area (Å²) in [6.45, 7) is 14.1. The molecule has 1 aromatic rings. The summed E-state index contributed by atoms with van der Waals surface area (Å²) in [5.74, 6) is 2.33. The van der Waals surface area contributed by atoms with E-state index in [9.17, 15) is 4.79 Å². The van der Waals surface area contributed by atoms with Crippen LogP contribution in [-0.4, -0.2) is 64.6 Å². The van der Waals surface area contributed by atoms with E-state index in [-0.39, 0.29) is 0 Å². The van der Waals surface area contributed by atoms with Crippen LogP contribution in [0.15, 0.2) is 12.4 Å². The Balaban J connectivity index is 0.000000668. The van der Waals surface area contributed by atoms with Crippen LogP contribution in [0, 0.1) is 11.8 Å². The van der Waals surface area contributed by atoms with Crippen LogP contribution < -0.4 is 0 Å². The van der Waals surface area contributed by atoms with Crippen molar-refractivity contribution in [2.24, 2.45) is 11.8 Å². The molecule has 5 heteroatoms. The SMILES string of the molecule is CC(C)c1cnn(CC2CCN(CC3CCN(C4CCCCC4)CC3)CC2)c1.CCC=O. The Labute approximate surface area is 196 Å². The smallest absolute Gasteiger partial charge is 0.119 e. The molecule has 0 bridgehead atoms. The second-order valence-corrected chi connectivity index (χ2v) is 10.7. The number of aldehydes is 1. The predicted molar refractivity (Wildman–Crippen MR) is 133 cm³/mol. The lowest BCUT2D eigenvalue weighted by Crippen LogP contribution is -2.45. The third-order valence-corrected chi connectivity index (χ3v) is 7.90.